The lowest BCUT2D eigenvalue weighted by molar-refractivity contribution is 0.0985. The molecule has 0 saturated heterocycles. The Bertz CT molecular complexity index is 829. The van der Waals surface area contributed by atoms with Crippen molar-refractivity contribution in [1.82, 2.24) is 4.72 Å². The molecule has 0 aromatic heterocycles. The molecule has 5 nitrogen and oxygen atoms in total. The first-order chi connectivity index (χ1) is 10.5. The topological polar surface area (TPSA) is 72.5 Å². The Hall–Kier alpha value is -1.99. The normalized spacial score (nSPS) is 15.2. The number of hydrogen-bond donors (Lipinski definition) is 1. The fourth-order valence-electron chi connectivity index (χ4n) is 2.12. The maximum Gasteiger partial charge on any atom is 0.266 e. The number of sulfonamides is 1. The molecule has 1 N–H and O–H groups in total. The van der Waals surface area contributed by atoms with Gasteiger partial charge >= 0.3 is 0 Å². The number of hydrogen-bond acceptors (Lipinski definition) is 5. The van der Waals surface area contributed by atoms with Crippen molar-refractivity contribution in [3.63, 3.8) is 0 Å². The minimum Gasteiger partial charge on any atom is -0.497 e. The molecule has 7 heteroatoms. The van der Waals surface area contributed by atoms with Crippen LogP contribution in [0.4, 0.5) is 0 Å². The lowest BCUT2D eigenvalue weighted by Gasteiger charge is -2.05. The van der Waals surface area contributed by atoms with Gasteiger partial charge in [0.25, 0.3) is 15.9 Å². The maximum absolute atomic E-state index is 11.8. The second kappa shape index (κ2) is 5.66. The predicted octanol–water partition coefficient (Wildman–Crippen LogP) is 2.42. The zero-order valence-electron chi connectivity index (χ0n) is 11.7. The number of amides is 1. The molecule has 0 bridgehead atoms. The molecule has 2 aromatic rings. The summed E-state index contributed by atoms with van der Waals surface area (Å²) in [4.78, 5) is 12.4. The van der Waals surface area contributed by atoms with Crippen LogP contribution in [0.1, 0.15) is 15.9 Å². The first kappa shape index (κ1) is 14.9. The highest BCUT2D eigenvalue weighted by Gasteiger charge is 2.32. The monoisotopic (exact) mass is 335 g/mol. The van der Waals surface area contributed by atoms with Gasteiger partial charge in [-0.3, -0.25) is 4.79 Å². The molecule has 0 saturated carbocycles. The van der Waals surface area contributed by atoms with Gasteiger partial charge in [-0.2, -0.15) is 0 Å². The van der Waals surface area contributed by atoms with Crippen LogP contribution in [0.3, 0.4) is 0 Å². The van der Waals surface area contributed by atoms with Crippen LogP contribution in [-0.4, -0.2) is 21.4 Å². The Balaban J connectivity index is 1.78. The average Bonchev–Trinajstić information content (AvgIpc) is 2.75. The van der Waals surface area contributed by atoms with Gasteiger partial charge in [0.05, 0.1) is 12.7 Å². The van der Waals surface area contributed by atoms with Crippen LogP contribution in [0, 0.1) is 0 Å². The first-order valence-electron chi connectivity index (χ1n) is 6.46. The van der Waals surface area contributed by atoms with E-state index in [1.807, 2.05) is 29.0 Å². The zero-order chi connectivity index (χ0) is 15.7. The highest BCUT2D eigenvalue weighted by molar-refractivity contribution is 7.98. The van der Waals surface area contributed by atoms with Crippen molar-refractivity contribution in [2.45, 2.75) is 15.5 Å². The van der Waals surface area contributed by atoms with Crippen molar-refractivity contribution in [2.24, 2.45) is 0 Å². The Kier molecular flexibility index (Phi) is 3.84. The molecule has 0 spiro atoms. The average molecular weight is 335 g/mol. The highest BCUT2D eigenvalue weighted by Crippen LogP contribution is 2.30. The van der Waals surface area contributed by atoms with Crippen molar-refractivity contribution in [1.29, 1.82) is 0 Å². The summed E-state index contributed by atoms with van der Waals surface area (Å²) < 4.78 is 30.7. The number of nitrogens with one attached hydrogen (secondary N) is 1. The van der Waals surface area contributed by atoms with Crippen LogP contribution in [0.2, 0.25) is 0 Å². The summed E-state index contributed by atoms with van der Waals surface area (Å²) in [6.07, 6.45) is 0. The van der Waals surface area contributed by atoms with E-state index in [1.165, 1.54) is 17.8 Å². The summed E-state index contributed by atoms with van der Waals surface area (Å²) in [6, 6.07) is 12.5. The van der Waals surface area contributed by atoms with Crippen molar-refractivity contribution < 1.29 is 17.9 Å². The summed E-state index contributed by atoms with van der Waals surface area (Å²) in [6.45, 7) is 0. The molecule has 0 aliphatic carbocycles. The van der Waals surface area contributed by atoms with E-state index < -0.39 is 15.9 Å². The van der Waals surface area contributed by atoms with Crippen molar-refractivity contribution >= 4 is 27.7 Å². The minimum absolute atomic E-state index is 0.0530. The quantitative estimate of drug-likeness (QED) is 0.869. The van der Waals surface area contributed by atoms with E-state index >= 15 is 0 Å². The van der Waals surface area contributed by atoms with Gasteiger partial charge in [0.2, 0.25) is 0 Å². The molecule has 0 unspecified atom stereocenters. The first-order valence-corrected chi connectivity index (χ1v) is 8.93. The number of fused-ring (bicyclic) bond motifs is 1. The number of benzene rings is 2. The van der Waals surface area contributed by atoms with Gasteiger partial charge in [0.15, 0.2) is 0 Å². The van der Waals surface area contributed by atoms with Crippen LogP contribution in [0.25, 0.3) is 0 Å². The van der Waals surface area contributed by atoms with Crippen LogP contribution in [0.5, 0.6) is 5.75 Å². The summed E-state index contributed by atoms with van der Waals surface area (Å²) in [5.41, 5.74) is 1.30. The van der Waals surface area contributed by atoms with Gasteiger partial charge in [-0.05, 0) is 35.9 Å². The molecule has 1 aliphatic rings. The third-order valence-corrected chi connectivity index (χ3v) is 5.71. The molecule has 0 fully saturated rings. The van der Waals surface area contributed by atoms with Gasteiger partial charge in [-0.1, -0.05) is 12.1 Å². The van der Waals surface area contributed by atoms with Crippen molar-refractivity contribution in [2.75, 3.05) is 7.11 Å². The standard InChI is InChI=1S/C15H13NO4S2/c1-20-11-4-2-10(3-5-11)9-21-12-6-7-13-14(8-12)22(18,19)16-15(13)17/h2-8H,9H2,1H3,(H,16,17). The lowest BCUT2D eigenvalue weighted by Crippen LogP contribution is -2.20. The van der Waals surface area contributed by atoms with E-state index in [0.29, 0.717) is 5.75 Å². The molecule has 1 aliphatic heterocycles. The van der Waals surface area contributed by atoms with E-state index in [-0.39, 0.29) is 10.5 Å². The summed E-state index contributed by atoms with van der Waals surface area (Å²) in [5.74, 6) is 0.924. The Labute approximate surface area is 132 Å². The predicted molar refractivity (Wildman–Crippen MR) is 83.6 cm³/mol. The van der Waals surface area contributed by atoms with Crippen molar-refractivity contribution in [3.05, 3.63) is 53.6 Å². The number of methoxy groups -OCH3 is 1. The van der Waals surface area contributed by atoms with Crippen LogP contribution in [0.15, 0.2) is 52.3 Å². The Morgan fingerprint density at radius 2 is 1.86 bits per heavy atom. The third-order valence-electron chi connectivity index (χ3n) is 3.28. The number of ether oxygens (including phenoxy) is 1. The fourth-order valence-corrected chi connectivity index (χ4v) is 4.28. The van der Waals surface area contributed by atoms with Gasteiger partial charge < -0.3 is 4.74 Å². The number of carbonyl (C=O) groups is 1. The Morgan fingerprint density at radius 3 is 2.55 bits per heavy atom. The second-order valence-corrected chi connectivity index (χ2v) is 7.43. The molecule has 3 rings (SSSR count). The van der Waals surface area contributed by atoms with E-state index in [2.05, 4.69) is 0 Å². The third kappa shape index (κ3) is 2.82. The van der Waals surface area contributed by atoms with Crippen molar-refractivity contribution in [3.8, 4) is 5.75 Å². The largest absolute Gasteiger partial charge is 0.497 e. The van der Waals surface area contributed by atoms with Crippen LogP contribution < -0.4 is 9.46 Å². The molecule has 22 heavy (non-hydrogen) atoms. The lowest BCUT2D eigenvalue weighted by atomic mass is 10.2. The number of carbonyl (C=O) groups excluding carboxylic acids is 1. The molecule has 114 valence electrons. The fraction of sp³-hybridized carbons (Fsp3) is 0.133. The molecular weight excluding hydrogens is 322 g/mol. The molecular formula is C15H13NO4S2. The smallest absolute Gasteiger partial charge is 0.266 e. The minimum atomic E-state index is -3.70. The van der Waals surface area contributed by atoms with E-state index in [1.54, 1.807) is 19.2 Å². The van der Waals surface area contributed by atoms with Crippen LogP contribution >= 0.6 is 11.8 Å². The second-order valence-electron chi connectivity index (χ2n) is 4.73. The summed E-state index contributed by atoms with van der Waals surface area (Å²) in [5, 5.41) is 0. The molecule has 2 aromatic carbocycles. The van der Waals surface area contributed by atoms with Gasteiger partial charge in [-0.15, -0.1) is 11.8 Å². The van der Waals surface area contributed by atoms with Crippen LogP contribution in [-0.2, 0) is 15.8 Å². The summed E-state index contributed by atoms with van der Waals surface area (Å²) in [7, 11) is -2.08. The number of thioether (sulfide) groups is 1. The SMILES string of the molecule is COc1ccc(CSc2ccc3c(c2)S(=O)(=O)NC3=O)cc1. The van der Waals surface area contributed by atoms with Gasteiger partial charge in [0.1, 0.15) is 10.6 Å². The Morgan fingerprint density at radius 1 is 1.14 bits per heavy atom. The molecule has 0 atom stereocenters. The maximum atomic E-state index is 11.8. The van der Waals surface area contributed by atoms with E-state index in [4.69, 9.17) is 4.74 Å². The summed E-state index contributed by atoms with van der Waals surface area (Å²) >= 11 is 1.51. The van der Waals surface area contributed by atoms with E-state index in [0.717, 1.165) is 16.2 Å². The number of rotatable bonds is 4. The molecule has 1 heterocycles. The van der Waals surface area contributed by atoms with E-state index in [9.17, 15) is 13.2 Å². The molecule has 1 amide bonds. The highest BCUT2D eigenvalue weighted by atomic mass is 32.2. The zero-order valence-corrected chi connectivity index (χ0v) is 13.3. The van der Waals surface area contributed by atoms with Gasteiger partial charge in [0, 0.05) is 10.6 Å². The van der Waals surface area contributed by atoms with Gasteiger partial charge in [-0.25, -0.2) is 13.1 Å². The molecule has 0 radical (unpaired) electrons.